The van der Waals surface area contributed by atoms with E-state index in [2.05, 4.69) is 11.4 Å². The summed E-state index contributed by atoms with van der Waals surface area (Å²) < 4.78 is 11.3. The van der Waals surface area contributed by atoms with Gasteiger partial charge in [-0.1, -0.05) is 36.4 Å². The highest BCUT2D eigenvalue weighted by atomic mass is 16.5. The molecule has 1 aromatic heterocycles. The number of fused-ring (bicyclic) bond motifs is 2. The molecule has 1 aliphatic carbocycles. The minimum absolute atomic E-state index is 0.0726. The SMILES string of the molecule is O=C(COC(=O)Cn1c(=O)oc2ccccc21)N[C@@H]1CCCc2ccccc21. The summed E-state index contributed by atoms with van der Waals surface area (Å²) in [7, 11) is 0. The summed E-state index contributed by atoms with van der Waals surface area (Å²) in [6.45, 7) is -0.697. The van der Waals surface area contributed by atoms with Gasteiger partial charge in [-0.05, 0) is 42.5 Å². The van der Waals surface area contributed by atoms with Crippen molar-refractivity contribution in [3.05, 3.63) is 70.2 Å². The molecule has 1 heterocycles. The third kappa shape index (κ3) is 3.69. The second kappa shape index (κ2) is 7.72. The first-order valence-electron chi connectivity index (χ1n) is 9.23. The molecule has 0 saturated heterocycles. The number of hydrogen-bond donors (Lipinski definition) is 1. The summed E-state index contributed by atoms with van der Waals surface area (Å²) >= 11 is 0. The molecule has 144 valence electrons. The predicted molar refractivity (Wildman–Crippen MR) is 102 cm³/mol. The third-order valence-corrected chi connectivity index (χ3v) is 4.93. The van der Waals surface area contributed by atoms with Crippen LogP contribution in [-0.2, 0) is 27.3 Å². The van der Waals surface area contributed by atoms with Crippen molar-refractivity contribution in [3.8, 4) is 0 Å². The zero-order valence-electron chi connectivity index (χ0n) is 15.2. The monoisotopic (exact) mass is 380 g/mol. The zero-order chi connectivity index (χ0) is 19.5. The number of rotatable bonds is 5. The van der Waals surface area contributed by atoms with E-state index in [1.165, 1.54) is 10.1 Å². The Balaban J connectivity index is 1.34. The van der Waals surface area contributed by atoms with E-state index in [4.69, 9.17) is 9.15 Å². The fraction of sp³-hybridized carbons (Fsp3) is 0.286. The Morgan fingerprint density at radius 2 is 1.93 bits per heavy atom. The highest BCUT2D eigenvalue weighted by Crippen LogP contribution is 2.29. The average molecular weight is 380 g/mol. The van der Waals surface area contributed by atoms with E-state index in [1.54, 1.807) is 24.3 Å². The van der Waals surface area contributed by atoms with Crippen LogP contribution in [0.4, 0.5) is 0 Å². The molecule has 1 aliphatic rings. The van der Waals surface area contributed by atoms with Gasteiger partial charge in [0.2, 0.25) is 0 Å². The normalized spacial score (nSPS) is 15.8. The number of carbonyl (C=O) groups excluding carboxylic acids is 2. The van der Waals surface area contributed by atoms with E-state index in [0.717, 1.165) is 24.8 Å². The maximum atomic E-state index is 12.2. The van der Waals surface area contributed by atoms with Crippen molar-refractivity contribution >= 4 is 23.0 Å². The molecule has 2 aromatic carbocycles. The molecule has 0 spiro atoms. The third-order valence-electron chi connectivity index (χ3n) is 4.93. The first kappa shape index (κ1) is 18.0. The van der Waals surface area contributed by atoms with E-state index < -0.39 is 11.7 Å². The summed E-state index contributed by atoms with van der Waals surface area (Å²) in [4.78, 5) is 36.2. The van der Waals surface area contributed by atoms with Crippen LogP contribution in [0.1, 0.15) is 30.0 Å². The summed E-state index contributed by atoms with van der Waals surface area (Å²) in [6.07, 6.45) is 2.86. The first-order chi connectivity index (χ1) is 13.6. The molecular formula is C21H20N2O5. The Labute approximate surface area is 160 Å². The fourth-order valence-corrected chi connectivity index (χ4v) is 3.62. The van der Waals surface area contributed by atoms with Gasteiger partial charge in [0.25, 0.3) is 5.91 Å². The van der Waals surface area contributed by atoms with Crippen molar-refractivity contribution < 1.29 is 18.7 Å². The Morgan fingerprint density at radius 1 is 1.14 bits per heavy atom. The van der Waals surface area contributed by atoms with Gasteiger partial charge in [-0.2, -0.15) is 0 Å². The molecule has 3 aromatic rings. The number of aryl methyl sites for hydroxylation is 1. The van der Waals surface area contributed by atoms with E-state index in [9.17, 15) is 14.4 Å². The highest BCUT2D eigenvalue weighted by molar-refractivity contribution is 5.81. The summed E-state index contributed by atoms with van der Waals surface area (Å²) in [6, 6.07) is 14.8. The number of hydrogen-bond acceptors (Lipinski definition) is 5. The molecule has 4 rings (SSSR count). The molecule has 7 nitrogen and oxygen atoms in total. The van der Waals surface area contributed by atoms with Gasteiger partial charge in [0.1, 0.15) is 6.54 Å². The van der Waals surface area contributed by atoms with E-state index in [1.807, 2.05) is 18.2 Å². The van der Waals surface area contributed by atoms with Crippen molar-refractivity contribution in [3.63, 3.8) is 0 Å². The Hall–Kier alpha value is -3.35. The van der Waals surface area contributed by atoms with Crippen LogP contribution in [0.5, 0.6) is 0 Å². The lowest BCUT2D eigenvalue weighted by atomic mass is 9.88. The van der Waals surface area contributed by atoms with Crippen LogP contribution in [0.3, 0.4) is 0 Å². The molecule has 0 aliphatic heterocycles. The van der Waals surface area contributed by atoms with Crippen LogP contribution < -0.4 is 11.1 Å². The lowest BCUT2D eigenvalue weighted by molar-refractivity contribution is -0.149. The highest BCUT2D eigenvalue weighted by Gasteiger charge is 2.22. The van der Waals surface area contributed by atoms with Gasteiger partial charge >= 0.3 is 11.7 Å². The van der Waals surface area contributed by atoms with Crippen LogP contribution in [0.25, 0.3) is 11.1 Å². The summed E-state index contributed by atoms with van der Waals surface area (Å²) in [5.41, 5.74) is 3.26. The smallest absolute Gasteiger partial charge is 0.420 e. The van der Waals surface area contributed by atoms with Gasteiger partial charge in [-0.25, -0.2) is 4.79 Å². The van der Waals surface area contributed by atoms with Crippen LogP contribution in [0.15, 0.2) is 57.7 Å². The van der Waals surface area contributed by atoms with Gasteiger partial charge in [0, 0.05) is 0 Å². The van der Waals surface area contributed by atoms with Gasteiger partial charge < -0.3 is 14.5 Å². The lowest BCUT2D eigenvalue weighted by Gasteiger charge is -2.26. The molecule has 0 fully saturated rings. The van der Waals surface area contributed by atoms with Crippen molar-refractivity contribution in [2.45, 2.75) is 31.8 Å². The van der Waals surface area contributed by atoms with Crippen molar-refractivity contribution in [1.29, 1.82) is 0 Å². The largest absolute Gasteiger partial charge is 0.454 e. The van der Waals surface area contributed by atoms with Crippen LogP contribution in [0.2, 0.25) is 0 Å². The lowest BCUT2D eigenvalue weighted by Crippen LogP contribution is -2.34. The number of benzene rings is 2. The number of oxazole rings is 1. The molecular weight excluding hydrogens is 360 g/mol. The molecule has 1 atom stereocenters. The Morgan fingerprint density at radius 3 is 2.82 bits per heavy atom. The first-order valence-corrected chi connectivity index (χ1v) is 9.23. The maximum Gasteiger partial charge on any atom is 0.420 e. The molecule has 1 amide bonds. The predicted octanol–water partition coefficient (Wildman–Crippen LogP) is 2.33. The van der Waals surface area contributed by atoms with Crippen LogP contribution in [-0.4, -0.2) is 23.1 Å². The number of ether oxygens (including phenoxy) is 1. The number of carbonyl (C=O) groups is 2. The number of amides is 1. The fourth-order valence-electron chi connectivity index (χ4n) is 3.62. The topological polar surface area (TPSA) is 90.5 Å². The number of esters is 1. The number of nitrogens with one attached hydrogen (secondary N) is 1. The average Bonchev–Trinajstić information content (AvgIpc) is 3.02. The van der Waals surface area contributed by atoms with E-state index in [-0.39, 0.29) is 25.1 Å². The number of nitrogens with zero attached hydrogens (tertiary/aromatic N) is 1. The maximum absolute atomic E-state index is 12.2. The van der Waals surface area contributed by atoms with Gasteiger partial charge in [-0.15, -0.1) is 0 Å². The van der Waals surface area contributed by atoms with Crippen molar-refractivity contribution in [2.75, 3.05) is 6.61 Å². The second-order valence-electron chi connectivity index (χ2n) is 6.79. The van der Waals surface area contributed by atoms with Crippen molar-refractivity contribution in [2.24, 2.45) is 0 Å². The summed E-state index contributed by atoms with van der Waals surface area (Å²) in [5.74, 6) is -1.67. The van der Waals surface area contributed by atoms with E-state index >= 15 is 0 Å². The minimum atomic E-state index is -0.673. The van der Waals surface area contributed by atoms with Gasteiger partial charge in [0.15, 0.2) is 12.2 Å². The molecule has 0 saturated carbocycles. The van der Waals surface area contributed by atoms with E-state index in [0.29, 0.717) is 11.1 Å². The number of aromatic nitrogens is 1. The van der Waals surface area contributed by atoms with Gasteiger partial charge in [-0.3, -0.25) is 14.2 Å². The quantitative estimate of drug-likeness (QED) is 0.686. The van der Waals surface area contributed by atoms with Gasteiger partial charge in [0.05, 0.1) is 11.6 Å². The second-order valence-corrected chi connectivity index (χ2v) is 6.79. The van der Waals surface area contributed by atoms with Crippen molar-refractivity contribution in [1.82, 2.24) is 9.88 Å². The molecule has 0 bridgehead atoms. The molecule has 1 N–H and O–H groups in total. The molecule has 0 radical (unpaired) electrons. The standard InChI is InChI=1S/C21H20N2O5/c24-19(22-16-9-5-7-14-6-1-2-8-15(14)16)13-27-20(25)12-23-17-10-3-4-11-18(17)28-21(23)26/h1-4,6,8,10-11,16H,5,7,9,12-13H2,(H,22,24)/t16-/m1/s1. The Kier molecular flexibility index (Phi) is 4.97. The van der Waals surface area contributed by atoms with Crippen LogP contribution in [0, 0.1) is 0 Å². The Bertz CT molecular complexity index is 1080. The minimum Gasteiger partial charge on any atom is -0.454 e. The number of para-hydroxylation sites is 2. The zero-order valence-corrected chi connectivity index (χ0v) is 15.2. The molecule has 28 heavy (non-hydrogen) atoms. The molecule has 0 unspecified atom stereocenters. The summed E-state index contributed by atoms with van der Waals surface area (Å²) in [5, 5.41) is 2.93. The van der Waals surface area contributed by atoms with Crippen LogP contribution >= 0.6 is 0 Å². The molecule has 7 heteroatoms.